The Bertz CT molecular complexity index is 1230. The van der Waals surface area contributed by atoms with E-state index in [0.717, 1.165) is 21.5 Å². The van der Waals surface area contributed by atoms with Crippen molar-refractivity contribution in [1.82, 2.24) is 14.5 Å². The van der Waals surface area contributed by atoms with Gasteiger partial charge in [0.05, 0.1) is 17.1 Å². The summed E-state index contributed by atoms with van der Waals surface area (Å²) >= 11 is 1.63. The fraction of sp³-hybridized carbons (Fsp3) is 0.280. The summed E-state index contributed by atoms with van der Waals surface area (Å²) < 4.78 is 3.30. The van der Waals surface area contributed by atoms with Crippen molar-refractivity contribution >= 4 is 28.3 Å². The maximum Gasteiger partial charge on any atom is 0.328 e. The Hall–Kier alpha value is -3.12. The number of thiophene rings is 1. The van der Waals surface area contributed by atoms with E-state index in [2.05, 4.69) is 43.4 Å². The van der Waals surface area contributed by atoms with Crippen LogP contribution in [0, 0.1) is 0 Å². The average molecular weight is 434 g/mol. The fourth-order valence-electron chi connectivity index (χ4n) is 3.87. The molecule has 1 unspecified atom stereocenters. The number of aromatic nitrogens is 2. The van der Waals surface area contributed by atoms with Gasteiger partial charge in [0.2, 0.25) is 5.91 Å². The molecule has 0 aliphatic carbocycles. The van der Waals surface area contributed by atoms with Gasteiger partial charge in [0, 0.05) is 24.9 Å². The highest BCUT2D eigenvalue weighted by atomic mass is 32.1. The number of aryl methyl sites for hydroxylation is 2. The number of carbonyl (C=O) groups excluding carboxylic acids is 1. The molecule has 0 radical (unpaired) electrons. The van der Waals surface area contributed by atoms with E-state index in [-0.39, 0.29) is 24.1 Å². The number of amides is 1. The summed E-state index contributed by atoms with van der Waals surface area (Å²) in [6, 6.07) is 19.9. The lowest BCUT2D eigenvalue weighted by Crippen LogP contribution is -2.31. The lowest BCUT2D eigenvalue weighted by molar-refractivity contribution is -0.121. The second-order valence-electron chi connectivity index (χ2n) is 8.07. The van der Waals surface area contributed by atoms with E-state index in [9.17, 15) is 9.59 Å². The molecular formula is C25H27N3O2S. The van der Waals surface area contributed by atoms with Gasteiger partial charge >= 0.3 is 5.69 Å². The second kappa shape index (κ2) is 8.94. The van der Waals surface area contributed by atoms with Crippen molar-refractivity contribution < 1.29 is 4.79 Å². The minimum atomic E-state index is -0.196. The SMILES string of the molecule is CC(C)c1ccc(C(NC(=O)CCn2c(=O)n(C)c3ccccc32)c2cccs2)cc1. The Morgan fingerprint density at radius 2 is 1.65 bits per heavy atom. The van der Waals surface area contributed by atoms with E-state index >= 15 is 0 Å². The third kappa shape index (κ3) is 4.35. The van der Waals surface area contributed by atoms with Gasteiger partial charge in [-0.3, -0.25) is 13.9 Å². The monoisotopic (exact) mass is 433 g/mol. The van der Waals surface area contributed by atoms with Crippen molar-refractivity contribution in [2.24, 2.45) is 7.05 Å². The van der Waals surface area contributed by atoms with Crippen LogP contribution in [0.1, 0.15) is 48.2 Å². The Morgan fingerprint density at radius 3 is 2.29 bits per heavy atom. The average Bonchev–Trinajstić information content (AvgIpc) is 3.39. The predicted molar refractivity (Wildman–Crippen MR) is 127 cm³/mol. The number of benzene rings is 2. The van der Waals surface area contributed by atoms with Crippen molar-refractivity contribution in [3.8, 4) is 0 Å². The molecule has 0 aliphatic heterocycles. The summed E-state index contributed by atoms with van der Waals surface area (Å²) in [4.78, 5) is 26.6. The molecule has 0 bridgehead atoms. The summed E-state index contributed by atoms with van der Waals surface area (Å²) in [6.45, 7) is 4.68. The van der Waals surface area contributed by atoms with Crippen LogP contribution in [0.2, 0.25) is 0 Å². The first-order valence-corrected chi connectivity index (χ1v) is 11.4. The van der Waals surface area contributed by atoms with Gasteiger partial charge in [-0.2, -0.15) is 0 Å². The number of rotatable bonds is 7. The number of imidazole rings is 1. The largest absolute Gasteiger partial charge is 0.344 e. The van der Waals surface area contributed by atoms with Crippen LogP contribution in [0.5, 0.6) is 0 Å². The van der Waals surface area contributed by atoms with Gasteiger partial charge in [0.15, 0.2) is 0 Å². The molecule has 1 N–H and O–H groups in total. The fourth-order valence-corrected chi connectivity index (χ4v) is 4.68. The van der Waals surface area contributed by atoms with Crippen LogP contribution in [-0.2, 0) is 18.4 Å². The number of carbonyl (C=O) groups is 1. The van der Waals surface area contributed by atoms with Crippen LogP contribution >= 0.6 is 11.3 Å². The number of nitrogens with one attached hydrogen (secondary N) is 1. The first-order valence-electron chi connectivity index (χ1n) is 10.5. The van der Waals surface area contributed by atoms with E-state index in [1.54, 1.807) is 27.5 Å². The Labute approximate surface area is 186 Å². The molecule has 4 aromatic rings. The minimum Gasteiger partial charge on any atom is -0.344 e. The van der Waals surface area contributed by atoms with Gasteiger partial charge in [0.1, 0.15) is 0 Å². The Balaban J connectivity index is 1.53. The summed E-state index contributed by atoms with van der Waals surface area (Å²) in [5, 5.41) is 5.20. The highest BCUT2D eigenvalue weighted by Gasteiger charge is 2.19. The van der Waals surface area contributed by atoms with Gasteiger partial charge in [0.25, 0.3) is 0 Å². The van der Waals surface area contributed by atoms with E-state index < -0.39 is 0 Å². The lowest BCUT2D eigenvalue weighted by Gasteiger charge is -2.19. The van der Waals surface area contributed by atoms with E-state index in [1.165, 1.54) is 5.56 Å². The molecular weight excluding hydrogens is 406 g/mol. The number of fused-ring (bicyclic) bond motifs is 1. The molecule has 5 nitrogen and oxygen atoms in total. The smallest absolute Gasteiger partial charge is 0.328 e. The van der Waals surface area contributed by atoms with E-state index in [4.69, 9.17) is 0 Å². The standard InChI is InChI=1S/C25H27N3O2S/c1-17(2)18-10-12-19(13-11-18)24(22-9-6-16-31-22)26-23(29)14-15-28-21-8-5-4-7-20(21)27(3)25(28)30/h4-13,16-17,24H,14-15H2,1-3H3,(H,26,29). The molecule has 6 heteroatoms. The highest BCUT2D eigenvalue weighted by molar-refractivity contribution is 7.10. The molecule has 2 aromatic heterocycles. The number of nitrogens with zero attached hydrogens (tertiary/aromatic N) is 2. The zero-order valence-electron chi connectivity index (χ0n) is 18.0. The Morgan fingerprint density at radius 1 is 0.968 bits per heavy atom. The second-order valence-corrected chi connectivity index (χ2v) is 9.05. The van der Waals surface area contributed by atoms with Crippen molar-refractivity contribution in [1.29, 1.82) is 0 Å². The van der Waals surface area contributed by atoms with Crippen molar-refractivity contribution in [3.63, 3.8) is 0 Å². The molecule has 2 heterocycles. The van der Waals surface area contributed by atoms with Gasteiger partial charge < -0.3 is 5.32 Å². The molecule has 1 atom stereocenters. The third-order valence-electron chi connectivity index (χ3n) is 5.68. The summed E-state index contributed by atoms with van der Waals surface area (Å²) in [5.41, 5.74) is 3.95. The first-order chi connectivity index (χ1) is 15.0. The molecule has 0 spiro atoms. The topological polar surface area (TPSA) is 56.0 Å². The zero-order valence-corrected chi connectivity index (χ0v) is 18.9. The van der Waals surface area contributed by atoms with Crippen molar-refractivity contribution in [2.45, 2.75) is 38.8 Å². The van der Waals surface area contributed by atoms with Gasteiger partial charge in [-0.1, -0.05) is 56.3 Å². The zero-order chi connectivity index (χ0) is 22.0. The van der Waals surface area contributed by atoms with Gasteiger partial charge in [-0.05, 0) is 40.6 Å². The lowest BCUT2D eigenvalue weighted by atomic mass is 9.98. The van der Waals surface area contributed by atoms with Crippen LogP contribution in [0.15, 0.2) is 70.8 Å². The van der Waals surface area contributed by atoms with Crippen LogP contribution in [0.25, 0.3) is 11.0 Å². The van der Waals surface area contributed by atoms with Crippen LogP contribution in [0.4, 0.5) is 0 Å². The molecule has 4 rings (SSSR count). The van der Waals surface area contributed by atoms with Crippen LogP contribution in [0.3, 0.4) is 0 Å². The normalized spacial score (nSPS) is 12.4. The van der Waals surface area contributed by atoms with E-state index in [0.29, 0.717) is 12.5 Å². The molecule has 1 amide bonds. The van der Waals surface area contributed by atoms with Gasteiger partial charge in [-0.15, -0.1) is 11.3 Å². The van der Waals surface area contributed by atoms with Crippen LogP contribution < -0.4 is 11.0 Å². The van der Waals surface area contributed by atoms with Crippen LogP contribution in [-0.4, -0.2) is 15.0 Å². The highest BCUT2D eigenvalue weighted by Crippen LogP contribution is 2.27. The number of hydrogen-bond donors (Lipinski definition) is 1. The van der Waals surface area contributed by atoms with Crippen molar-refractivity contribution in [2.75, 3.05) is 0 Å². The minimum absolute atomic E-state index is 0.0776. The predicted octanol–water partition coefficient (Wildman–Crippen LogP) is 4.82. The van der Waals surface area contributed by atoms with E-state index in [1.807, 2.05) is 41.8 Å². The first kappa shape index (κ1) is 21.1. The number of para-hydroxylation sites is 2. The maximum absolute atomic E-state index is 12.9. The van der Waals surface area contributed by atoms with Gasteiger partial charge in [-0.25, -0.2) is 4.79 Å². The summed E-state index contributed by atoms with van der Waals surface area (Å²) in [5.74, 6) is 0.383. The van der Waals surface area contributed by atoms with Crippen molar-refractivity contribution in [3.05, 3.63) is 92.5 Å². The summed E-state index contributed by atoms with van der Waals surface area (Å²) in [6.07, 6.45) is 0.236. The molecule has 160 valence electrons. The quantitative estimate of drug-likeness (QED) is 0.454. The molecule has 0 saturated carbocycles. The Kier molecular flexibility index (Phi) is 6.09. The molecule has 0 fully saturated rings. The maximum atomic E-state index is 12.9. The molecule has 2 aromatic carbocycles. The third-order valence-corrected chi connectivity index (χ3v) is 6.62. The number of hydrogen-bond acceptors (Lipinski definition) is 3. The molecule has 31 heavy (non-hydrogen) atoms. The summed E-state index contributed by atoms with van der Waals surface area (Å²) in [7, 11) is 1.76. The molecule has 0 aliphatic rings. The molecule has 0 saturated heterocycles.